The highest BCUT2D eigenvalue weighted by Crippen LogP contribution is 2.29. The second-order valence-electron chi connectivity index (χ2n) is 9.98. The molecule has 0 aromatic heterocycles. The molecule has 4 rings (SSSR count). The number of carboxylic acids is 1. The predicted molar refractivity (Wildman–Crippen MR) is 144 cm³/mol. The number of hydrogen-bond donors (Lipinski definition) is 2. The van der Waals surface area contributed by atoms with Crippen molar-refractivity contribution in [2.24, 2.45) is 5.92 Å². The number of hydrogen-bond acceptors (Lipinski definition) is 4. The molecule has 2 aromatic carbocycles. The van der Waals surface area contributed by atoms with Crippen LogP contribution in [0.5, 0.6) is 0 Å². The lowest BCUT2D eigenvalue weighted by atomic mass is 9.82. The van der Waals surface area contributed by atoms with E-state index in [-0.39, 0.29) is 41.9 Å². The lowest BCUT2D eigenvalue weighted by molar-refractivity contribution is -0.138. The molecule has 2 unspecified atom stereocenters. The van der Waals surface area contributed by atoms with Gasteiger partial charge in [0.05, 0.1) is 16.5 Å². The van der Waals surface area contributed by atoms with Crippen LogP contribution in [0.4, 0.5) is 0 Å². The molecule has 8 nitrogen and oxygen atoms in total. The number of carbonyl (C=O) groups is 4. The van der Waals surface area contributed by atoms with E-state index in [2.05, 4.69) is 5.32 Å². The van der Waals surface area contributed by atoms with Gasteiger partial charge in [0.25, 0.3) is 17.7 Å². The highest BCUT2D eigenvalue weighted by molar-refractivity contribution is 6.42. The van der Waals surface area contributed by atoms with Crippen LogP contribution in [-0.4, -0.2) is 63.9 Å². The molecule has 2 aliphatic rings. The number of benzene rings is 2. The van der Waals surface area contributed by atoms with E-state index in [1.54, 1.807) is 12.1 Å². The average Bonchev–Trinajstić information content (AvgIpc) is 3.35. The van der Waals surface area contributed by atoms with Gasteiger partial charge in [-0.2, -0.15) is 0 Å². The monoisotopic (exact) mass is 559 g/mol. The number of carbonyl (C=O) groups excluding carboxylic acids is 3. The Labute approximate surface area is 231 Å². The minimum atomic E-state index is -1.24. The molecule has 2 atom stereocenters. The number of aliphatic carboxylic acids is 1. The fourth-order valence-corrected chi connectivity index (χ4v) is 5.61. The maximum atomic E-state index is 13.8. The summed E-state index contributed by atoms with van der Waals surface area (Å²) < 4.78 is 0. The Bertz CT molecular complexity index is 1210. The van der Waals surface area contributed by atoms with Gasteiger partial charge in [0.15, 0.2) is 6.17 Å². The molecule has 202 valence electrons. The highest BCUT2D eigenvalue weighted by Gasteiger charge is 2.44. The topological polar surface area (TPSA) is 107 Å². The molecule has 2 fully saturated rings. The number of halogens is 2. The zero-order chi connectivity index (χ0) is 27.4. The van der Waals surface area contributed by atoms with E-state index >= 15 is 0 Å². The number of aryl methyl sites for hydroxylation is 1. The van der Waals surface area contributed by atoms with Crippen LogP contribution in [0.25, 0.3) is 0 Å². The minimum Gasteiger partial charge on any atom is -0.481 e. The summed E-state index contributed by atoms with van der Waals surface area (Å²) in [6, 6.07) is 10.8. The van der Waals surface area contributed by atoms with Crippen molar-refractivity contribution >= 4 is 46.9 Å². The van der Waals surface area contributed by atoms with Gasteiger partial charge in [-0.25, -0.2) is 0 Å². The van der Waals surface area contributed by atoms with Crippen LogP contribution in [0.2, 0.25) is 10.0 Å². The van der Waals surface area contributed by atoms with E-state index in [4.69, 9.17) is 23.2 Å². The molecule has 0 bridgehead atoms. The van der Waals surface area contributed by atoms with Crippen LogP contribution in [0.3, 0.4) is 0 Å². The zero-order valence-electron chi connectivity index (χ0n) is 21.2. The maximum Gasteiger partial charge on any atom is 0.305 e. The van der Waals surface area contributed by atoms with Gasteiger partial charge in [-0.15, -0.1) is 0 Å². The first-order chi connectivity index (χ1) is 18.2. The van der Waals surface area contributed by atoms with E-state index in [1.807, 2.05) is 19.1 Å². The Morgan fingerprint density at radius 1 is 0.895 bits per heavy atom. The summed E-state index contributed by atoms with van der Waals surface area (Å²) >= 11 is 12.2. The van der Waals surface area contributed by atoms with Gasteiger partial charge in [0.2, 0.25) is 0 Å². The molecule has 1 saturated heterocycles. The quantitative estimate of drug-likeness (QED) is 0.508. The van der Waals surface area contributed by atoms with Crippen LogP contribution in [-0.2, 0) is 9.59 Å². The van der Waals surface area contributed by atoms with Crippen molar-refractivity contribution in [1.82, 2.24) is 15.1 Å². The largest absolute Gasteiger partial charge is 0.481 e. The third-order valence-electron chi connectivity index (χ3n) is 7.33. The minimum absolute atomic E-state index is 0.0191. The Morgan fingerprint density at radius 2 is 1.47 bits per heavy atom. The fourth-order valence-electron chi connectivity index (χ4n) is 5.31. The van der Waals surface area contributed by atoms with Crippen molar-refractivity contribution in [3.63, 3.8) is 0 Å². The van der Waals surface area contributed by atoms with Crippen molar-refractivity contribution in [1.29, 1.82) is 0 Å². The van der Waals surface area contributed by atoms with Gasteiger partial charge < -0.3 is 20.2 Å². The molecule has 1 saturated carbocycles. The lowest BCUT2D eigenvalue weighted by Crippen LogP contribution is -2.57. The van der Waals surface area contributed by atoms with Crippen molar-refractivity contribution in [2.75, 3.05) is 13.1 Å². The average molecular weight is 560 g/mol. The number of nitrogens with one attached hydrogen (secondary N) is 1. The van der Waals surface area contributed by atoms with E-state index in [0.717, 1.165) is 37.7 Å². The molecule has 2 aromatic rings. The molecule has 10 heteroatoms. The number of nitrogens with zero attached hydrogens (tertiary/aromatic N) is 2. The summed E-state index contributed by atoms with van der Waals surface area (Å²) in [5.74, 6) is -2.43. The van der Waals surface area contributed by atoms with E-state index in [9.17, 15) is 24.3 Å². The molecule has 0 radical (unpaired) electrons. The maximum absolute atomic E-state index is 13.8. The molecular weight excluding hydrogens is 529 g/mol. The third-order valence-corrected chi connectivity index (χ3v) is 8.07. The van der Waals surface area contributed by atoms with Crippen LogP contribution >= 0.6 is 23.2 Å². The Hall–Kier alpha value is -3.10. The molecule has 1 heterocycles. The zero-order valence-corrected chi connectivity index (χ0v) is 22.7. The van der Waals surface area contributed by atoms with Crippen molar-refractivity contribution in [3.05, 3.63) is 69.2 Å². The molecule has 38 heavy (non-hydrogen) atoms. The number of carboxylic acid groups (broad SMARTS) is 1. The SMILES string of the molecule is Cc1ccc(C(=O)N2CCN(C(=O)c3ccc(Cl)c(Cl)c3)C2C(=O)NC(CC(=O)O)C2CCCCC2)cc1. The lowest BCUT2D eigenvalue weighted by Gasteiger charge is -2.34. The van der Waals surface area contributed by atoms with Crippen molar-refractivity contribution in [3.8, 4) is 0 Å². The number of amides is 3. The first-order valence-corrected chi connectivity index (χ1v) is 13.6. The summed E-state index contributed by atoms with van der Waals surface area (Å²) in [5.41, 5.74) is 1.61. The smallest absolute Gasteiger partial charge is 0.305 e. The van der Waals surface area contributed by atoms with E-state index in [1.165, 1.54) is 28.0 Å². The Balaban J connectivity index is 1.65. The standard InChI is InChI=1S/C28H31Cl2N3O5/c1-17-7-9-19(10-8-17)27(37)32-13-14-33(28(38)20-11-12-21(29)22(30)15-20)26(32)25(36)31-23(16-24(34)35)18-5-3-2-4-6-18/h7-12,15,18,23,26H,2-6,13-14,16H2,1H3,(H,31,36)(H,34,35). The number of rotatable bonds is 7. The van der Waals surface area contributed by atoms with Crippen LogP contribution in [0.15, 0.2) is 42.5 Å². The highest BCUT2D eigenvalue weighted by atomic mass is 35.5. The van der Waals surface area contributed by atoms with Gasteiger partial charge >= 0.3 is 5.97 Å². The third kappa shape index (κ3) is 6.30. The van der Waals surface area contributed by atoms with Gasteiger partial charge in [0.1, 0.15) is 0 Å². The Kier molecular flexibility index (Phi) is 8.95. The second-order valence-corrected chi connectivity index (χ2v) is 10.8. The fraction of sp³-hybridized carbons (Fsp3) is 0.429. The van der Waals surface area contributed by atoms with Gasteiger partial charge in [-0.3, -0.25) is 19.2 Å². The summed E-state index contributed by atoms with van der Waals surface area (Å²) in [5, 5.41) is 12.9. The van der Waals surface area contributed by atoms with Crippen LogP contribution in [0, 0.1) is 12.8 Å². The first-order valence-electron chi connectivity index (χ1n) is 12.8. The van der Waals surface area contributed by atoms with Crippen LogP contribution in [0.1, 0.15) is 64.8 Å². The van der Waals surface area contributed by atoms with Crippen molar-refractivity contribution in [2.45, 2.75) is 57.7 Å². The second kappa shape index (κ2) is 12.2. The first kappa shape index (κ1) is 27.9. The molecule has 0 spiro atoms. The molecule has 3 amide bonds. The summed E-state index contributed by atoms with van der Waals surface area (Å²) in [4.78, 5) is 55.2. The molecule has 1 aliphatic heterocycles. The van der Waals surface area contributed by atoms with Crippen LogP contribution < -0.4 is 5.32 Å². The van der Waals surface area contributed by atoms with E-state index < -0.39 is 30.0 Å². The van der Waals surface area contributed by atoms with Crippen molar-refractivity contribution < 1.29 is 24.3 Å². The summed E-state index contributed by atoms with van der Waals surface area (Å²) in [6.07, 6.45) is 3.19. The molecular formula is C28H31Cl2N3O5. The normalized spacial score (nSPS) is 18.8. The Morgan fingerprint density at radius 3 is 2.05 bits per heavy atom. The summed E-state index contributed by atoms with van der Waals surface area (Å²) in [7, 11) is 0. The molecule has 1 aliphatic carbocycles. The summed E-state index contributed by atoms with van der Waals surface area (Å²) in [6.45, 7) is 2.18. The predicted octanol–water partition coefficient (Wildman–Crippen LogP) is 4.77. The van der Waals surface area contributed by atoms with Gasteiger partial charge in [0, 0.05) is 30.3 Å². The molecule has 2 N–H and O–H groups in total. The van der Waals surface area contributed by atoms with E-state index in [0.29, 0.717) is 10.6 Å². The van der Waals surface area contributed by atoms with Gasteiger partial charge in [-0.05, 0) is 56.0 Å². The van der Waals surface area contributed by atoms with Gasteiger partial charge in [-0.1, -0.05) is 60.2 Å².